The number of aromatic amines is 1. The average molecular weight is 743 g/mol. The number of pyridine rings is 1. The van der Waals surface area contributed by atoms with Crippen LogP contribution in [0.1, 0.15) is 51.5 Å². The number of hydrogen-bond donors (Lipinski definition) is 2. The van der Waals surface area contributed by atoms with E-state index in [4.69, 9.17) is 42.3 Å². The Morgan fingerprint density at radius 3 is 2.75 bits per heavy atom. The van der Waals surface area contributed by atoms with Crippen LogP contribution in [0, 0.1) is 6.92 Å². The number of furan rings is 1. The number of halogens is 4. The fourth-order valence-corrected chi connectivity index (χ4v) is 6.97. The summed E-state index contributed by atoms with van der Waals surface area (Å²) in [5.74, 6) is 0.937. The highest BCUT2D eigenvalue weighted by Crippen LogP contribution is 2.34. The highest BCUT2D eigenvalue weighted by Gasteiger charge is 2.21. The van der Waals surface area contributed by atoms with Gasteiger partial charge in [-0.05, 0) is 73.0 Å². The molecule has 0 saturated heterocycles. The summed E-state index contributed by atoms with van der Waals surface area (Å²) in [5.41, 5.74) is 6.19. The maximum Gasteiger partial charge on any atom is 0.266 e. The van der Waals surface area contributed by atoms with Gasteiger partial charge in [0.25, 0.3) is 12.3 Å². The zero-order chi connectivity index (χ0) is 36.1. The van der Waals surface area contributed by atoms with Crippen molar-refractivity contribution in [1.82, 2.24) is 29.6 Å². The van der Waals surface area contributed by atoms with Crippen LogP contribution in [0.15, 0.2) is 77.2 Å². The van der Waals surface area contributed by atoms with E-state index in [0.29, 0.717) is 51.7 Å². The number of H-pyrrole nitrogens is 1. The van der Waals surface area contributed by atoms with Crippen LogP contribution in [0.3, 0.4) is 0 Å². The van der Waals surface area contributed by atoms with Gasteiger partial charge in [0, 0.05) is 71.1 Å². The molecule has 0 saturated carbocycles. The van der Waals surface area contributed by atoms with E-state index in [-0.39, 0.29) is 28.6 Å². The van der Waals surface area contributed by atoms with Crippen LogP contribution in [-0.4, -0.2) is 48.6 Å². The molecule has 0 unspecified atom stereocenters. The maximum atomic E-state index is 13.8. The molecule has 8 rings (SSSR count). The number of amides is 1. The van der Waals surface area contributed by atoms with E-state index in [1.807, 2.05) is 41.9 Å². The second kappa shape index (κ2) is 13.7. The van der Waals surface area contributed by atoms with Gasteiger partial charge in [-0.3, -0.25) is 14.8 Å². The predicted octanol–water partition coefficient (Wildman–Crippen LogP) is 9.26. The minimum absolute atomic E-state index is 0.193. The number of carbonyl (C=O) groups excluding carboxylic acids is 1. The molecule has 5 heterocycles. The third-order valence-corrected chi connectivity index (χ3v) is 9.89. The molecule has 264 valence electrons. The van der Waals surface area contributed by atoms with Gasteiger partial charge in [0.1, 0.15) is 23.5 Å². The van der Waals surface area contributed by atoms with E-state index in [2.05, 4.69) is 26.5 Å². The average Bonchev–Trinajstić information content (AvgIpc) is 3.82. The predicted molar refractivity (Wildman–Crippen MR) is 197 cm³/mol. The Balaban J connectivity index is 0.926. The molecule has 1 aliphatic rings. The number of nitrogens with one attached hydrogen (secondary N) is 2. The lowest BCUT2D eigenvalue weighted by molar-refractivity contribution is 0.102. The second-order valence-corrected chi connectivity index (χ2v) is 13.5. The topological polar surface area (TPSA) is 114 Å². The monoisotopic (exact) mass is 741 g/mol. The number of ether oxygens (including phenoxy) is 1. The number of alkyl halides is 2. The van der Waals surface area contributed by atoms with Crippen molar-refractivity contribution in [3.05, 3.63) is 117 Å². The highest BCUT2D eigenvalue weighted by atomic mass is 35.5. The van der Waals surface area contributed by atoms with Crippen molar-refractivity contribution in [3.8, 4) is 5.88 Å². The van der Waals surface area contributed by atoms with Crippen LogP contribution in [0.5, 0.6) is 5.88 Å². The Hall–Kier alpha value is -5.30. The van der Waals surface area contributed by atoms with Crippen LogP contribution in [-0.2, 0) is 20.2 Å². The number of aromatic nitrogens is 5. The van der Waals surface area contributed by atoms with Gasteiger partial charge < -0.3 is 19.0 Å². The van der Waals surface area contributed by atoms with Crippen LogP contribution in [0.25, 0.3) is 38.5 Å². The first kappa shape index (κ1) is 33.8. The van der Waals surface area contributed by atoms with E-state index in [9.17, 15) is 13.6 Å². The van der Waals surface area contributed by atoms with Gasteiger partial charge >= 0.3 is 0 Å². The summed E-state index contributed by atoms with van der Waals surface area (Å²) in [7, 11) is 1.95. The molecule has 52 heavy (non-hydrogen) atoms. The molecule has 7 aromatic rings. The Bertz CT molecular complexity index is 2540. The number of aryl methyl sites for hydroxylation is 2. The summed E-state index contributed by atoms with van der Waals surface area (Å²) in [6.45, 7) is 4.12. The van der Waals surface area contributed by atoms with Crippen molar-refractivity contribution in [2.75, 3.05) is 18.4 Å². The number of benzene rings is 3. The summed E-state index contributed by atoms with van der Waals surface area (Å²) < 4.78 is 41.2. The summed E-state index contributed by atoms with van der Waals surface area (Å²) >= 11 is 12.4. The molecule has 0 bridgehead atoms. The third-order valence-electron chi connectivity index (χ3n) is 9.38. The van der Waals surface area contributed by atoms with Gasteiger partial charge in [-0.25, -0.2) is 18.7 Å². The Kier molecular flexibility index (Phi) is 8.90. The molecule has 10 nitrogen and oxygen atoms in total. The zero-order valence-electron chi connectivity index (χ0n) is 28.0. The number of carbonyl (C=O) groups is 1. The number of imidazole rings is 1. The first-order valence-electron chi connectivity index (χ1n) is 16.5. The normalized spacial score (nSPS) is 13.8. The summed E-state index contributed by atoms with van der Waals surface area (Å²) in [4.78, 5) is 25.2. The van der Waals surface area contributed by atoms with Crippen LogP contribution in [0.4, 0.5) is 14.5 Å². The van der Waals surface area contributed by atoms with Crippen LogP contribution >= 0.6 is 23.2 Å². The minimum atomic E-state index is -2.74. The molecule has 3 aromatic carbocycles. The van der Waals surface area contributed by atoms with Crippen LogP contribution in [0.2, 0.25) is 10.2 Å². The Labute approximate surface area is 306 Å². The van der Waals surface area contributed by atoms with Crippen molar-refractivity contribution in [1.29, 1.82) is 0 Å². The molecule has 14 heteroatoms. The molecule has 0 atom stereocenters. The Morgan fingerprint density at radius 1 is 1.08 bits per heavy atom. The van der Waals surface area contributed by atoms with Gasteiger partial charge in [0.2, 0.25) is 5.88 Å². The lowest BCUT2D eigenvalue weighted by Crippen LogP contribution is -2.29. The van der Waals surface area contributed by atoms with Gasteiger partial charge in [-0.1, -0.05) is 29.8 Å². The molecule has 0 spiro atoms. The highest BCUT2D eigenvalue weighted by molar-refractivity contribution is 6.36. The third kappa shape index (κ3) is 6.49. The van der Waals surface area contributed by atoms with Crippen molar-refractivity contribution in [2.24, 2.45) is 7.05 Å². The van der Waals surface area contributed by atoms with Gasteiger partial charge in [-0.2, -0.15) is 5.10 Å². The molecule has 4 aromatic heterocycles. The molecule has 1 amide bonds. The molecule has 0 fully saturated rings. The standard InChI is InChI=1S/C38H31Cl2F2N7O3/c1-20-25-15-24(16-27(37(41)42)35(25)47-46-20)43-38(50)22-7-9-31-30(14-22)44-33(48(31)2)18-49-12-10-21(11-13-49)29-4-3-5-34(45-29)51-19-23-6-8-28(39)26-17-32(40)52-36(23)26/h3-10,14-17,37H,11-13,18-19H2,1-2H3,(H,43,50)(H,46,47). The zero-order valence-corrected chi connectivity index (χ0v) is 29.5. The number of anilines is 1. The van der Waals surface area contributed by atoms with Gasteiger partial charge in [0.05, 0.1) is 28.3 Å². The van der Waals surface area contributed by atoms with Crippen molar-refractivity contribution < 1.29 is 22.7 Å². The first-order chi connectivity index (χ1) is 25.1. The van der Waals surface area contributed by atoms with Crippen LogP contribution < -0.4 is 10.1 Å². The molecular weight excluding hydrogens is 711 g/mol. The molecular formula is C38H31Cl2F2N7O3. The Morgan fingerprint density at radius 2 is 1.94 bits per heavy atom. The maximum absolute atomic E-state index is 13.8. The quantitative estimate of drug-likeness (QED) is 0.152. The molecule has 0 aliphatic carbocycles. The molecule has 0 radical (unpaired) electrons. The SMILES string of the molecule is Cc1[nH]nc2c(C(F)F)cc(NC(=O)c3ccc4c(c3)nc(CN3CC=C(c5cccc(OCc6ccc(Cl)c7cc(Cl)oc67)n5)CC3)n4C)cc12. The number of fused-ring (bicyclic) bond motifs is 3. The molecule has 1 aliphatic heterocycles. The summed E-state index contributed by atoms with van der Waals surface area (Å²) in [6, 6.07) is 19.3. The fourth-order valence-electron chi connectivity index (χ4n) is 6.58. The van der Waals surface area contributed by atoms with E-state index in [0.717, 1.165) is 46.5 Å². The smallest absolute Gasteiger partial charge is 0.266 e. The molecule has 2 N–H and O–H groups in total. The van der Waals surface area contributed by atoms with Gasteiger partial charge in [0.15, 0.2) is 5.22 Å². The second-order valence-electron chi connectivity index (χ2n) is 12.7. The largest absolute Gasteiger partial charge is 0.473 e. The summed E-state index contributed by atoms with van der Waals surface area (Å²) in [6.07, 6.45) is 0.234. The van der Waals surface area contributed by atoms with Crippen molar-refractivity contribution in [3.63, 3.8) is 0 Å². The number of hydrogen-bond acceptors (Lipinski definition) is 7. The number of nitrogens with zero attached hydrogens (tertiary/aromatic N) is 5. The van der Waals surface area contributed by atoms with E-state index in [1.165, 1.54) is 6.07 Å². The van der Waals surface area contributed by atoms with E-state index < -0.39 is 12.3 Å². The van der Waals surface area contributed by atoms with E-state index >= 15 is 0 Å². The van der Waals surface area contributed by atoms with Crippen molar-refractivity contribution >= 4 is 73.3 Å². The van der Waals surface area contributed by atoms with Crippen molar-refractivity contribution in [2.45, 2.75) is 32.9 Å². The lowest BCUT2D eigenvalue weighted by atomic mass is 10.0. The lowest BCUT2D eigenvalue weighted by Gasteiger charge is -2.25. The number of rotatable bonds is 9. The van der Waals surface area contributed by atoms with Gasteiger partial charge in [-0.15, -0.1) is 0 Å². The first-order valence-corrected chi connectivity index (χ1v) is 17.3. The fraction of sp³-hybridized carbons (Fsp3) is 0.211. The summed E-state index contributed by atoms with van der Waals surface area (Å²) in [5, 5.41) is 11.6. The minimum Gasteiger partial charge on any atom is -0.473 e. The van der Waals surface area contributed by atoms with E-state index in [1.54, 1.807) is 37.3 Å².